The normalized spacial score (nSPS) is 16.7. The summed E-state index contributed by atoms with van der Waals surface area (Å²) in [4.78, 5) is 25.5. The van der Waals surface area contributed by atoms with Crippen molar-refractivity contribution in [3.63, 3.8) is 0 Å². The molecule has 1 N–H and O–H groups in total. The molecular weight excluding hydrogens is 348 g/mol. The topological polar surface area (TPSA) is 97.5 Å². The molecule has 1 aliphatic heterocycles. The highest BCUT2D eigenvalue weighted by atomic mass is 16.5. The zero-order valence-corrected chi connectivity index (χ0v) is 15.8. The van der Waals surface area contributed by atoms with Crippen molar-refractivity contribution in [2.24, 2.45) is 5.92 Å². The molecule has 1 aromatic heterocycles. The van der Waals surface area contributed by atoms with Crippen LogP contribution >= 0.6 is 0 Å². The first-order valence-corrected chi connectivity index (χ1v) is 9.14. The zero-order valence-electron chi connectivity index (χ0n) is 15.8. The third-order valence-corrected chi connectivity index (χ3v) is 4.58. The number of aliphatic carboxylic acids is 1. The number of nitrogens with zero attached hydrogens (tertiary/aromatic N) is 4. The molecule has 1 aromatic carbocycles. The van der Waals surface area contributed by atoms with E-state index in [-0.39, 0.29) is 24.2 Å². The minimum absolute atomic E-state index is 0.0905. The van der Waals surface area contributed by atoms with Crippen LogP contribution in [0.25, 0.3) is 5.69 Å². The van der Waals surface area contributed by atoms with Gasteiger partial charge < -0.3 is 14.7 Å². The second-order valence-corrected chi connectivity index (χ2v) is 6.89. The van der Waals surface area contributed by atoms with Crippen LogP contribution < -0.4 is 4.74 Å². The average Bonchev–Trinajstić information content (AvgIpc) is 3.28. The molecule has 0 spiro atoms. The van der Waals surface area contributed by atoms with E-state index in [0.717, 1.165) is 11.4 Å². The number of carbonyl (C=O) groups is 2. The van der Waals surface area contributed by atoms with Crippen molar-refractivity contribution in [1.82, 2.24) is 19.9 Å². The van der Waals surface area contributed by atoms with Crippen LogP contribution in [0.4, 0.5) is 0 Å². The van der Waals surface area contributed by atoms with E-state index in [1.54, 1.807) is 9.58 Å². The minimum atomic E-state index is -0.867. The maximum absolute atomic E-state index is 12.8. The summed E-state index contributed by atoms with van der Waals surface area (Å²) in [7, 11) is 0. The van der Waals surface area contributed by atoms with Crippen LogP contribution in [0.2, 0.25) is 0 Å². The van der Waals surface area contributed by atoms with Gasteiger partial charge in [-0.3, -0.25) is 9.59 Å². The largest absolute Gasteiger partial charge is 0.491 e. The number of ether oxygens (including phenoxy) is 1. The van der Waals surface area contributed by atoms with Crippen LogP contribution in [-0.2, 0) is 11.2 Å². The number of amides is 1. The Bertz CT molecular complexity index is 829. The van der Waals surface area contributed by atoms with Crippen molar-refractivity contribution in [3.8, 4) is 11.4 Å². The highest BCUT2D eigenvalue weighted by Crippen LogP contribution is 2.22. The SMILES string of the molecule is CCc1c(C(=O)N2CC[C@@H](C(=O)O)C2)nnn1-c1ccc(OC(C)C)cc1. The lowest BCUT2D eigenvalue weighted by Crippen LogP contribution is -2.31. The van der Waals surface area contributed by atoms with Gasteiger partial charge in [-0.2, -0.15) is 0 Å². The molecule has 3 rings (SSSR count). The van der Waals surface area contributed by atoms with Crippen LogP contribution in [-0.4, -0.2) is 56.1 Å². The van der Waals surface area contributed by atoms with Gasteiger partial charge >= 0.3 is 5.97 Å². The summed E-state index contributed by atoms with van der Waals surface area (Å²) in [6.45, 7) is 6.50. The number of aromatic nitrogens is 3. The molecule has 2 heterocycles. The quantitative estimate of drug-likeness (QED) is 0.834. The third-order valence-electron chi connectivity index (χ3n) is 4.58. The van der Waals surface area contributed by atoms with Gasteiger partial charge in [0.15, 0.2) is 5.69 Å². The molecule has 8 heteroatoms. The van der Waals surface area contributed by atoms with E-state index in [9.17, 15) is 9.59 Å². The molecule has 0 aliphatic carbocycles. The minimum Gasteiger partial charge on any atom is -0.491 e. The van der Waals surface area contributed by atoms with Crippen LogP contribution in [0.15, 0.2) is 24.3 Å². The Balaban J connectivity index is 1.83. The molecule has 1 atom stereocenters. The first kappa shape index (κ1) is 18.9. The molecule has 1 fully saturated rings. The van der Waals surface area contributed by atoms with E-state index in [1.165, 1.54) is 0 Å². The van der Waals surface area contributed by atoms with E-state index >= 15 is 0 Å². The number of benzene rings is 1. The van der Waals surface area contributed by atoms with Crippen LogP contribution in [0, 0.1) is 5.92 Å². The summed E-state index contributed by atoms with van der Waals surface area (Å²) >= 11 is 0. The predicted molar refractivity (Wildman–Crippen MR) is 98.1 cm³/mol. The molecule has 0 bridgehead atoms. The molecule has 2 aromatic rings. The maximum Gasteiger partial charge on any atom is 0.308 e. The van der Waals surface area contributed by atoms with Gasteiger partial charge in [-0.15, -0.1) is 5.10 Å². The first-order valence-electron chi connectivity index (χ1n) is 9.14. The monoisotopic (exact) mass is 372 g/mol. The molecule has 0 saturated carbocycles. The number of carbonyl (C=O) groups excluding carboxylic acids is 1. The predicted octanol–water partition coefficient (Wildman–Crippen LogP) is 2.16. The van der Waals surface area contributed by atoms with Gasteiger partial charge in [-0.05, 0) is 51.0 Å². The van der Waals surface area contributed by atoms with Crippen LogP contribution in [0.1, 0.15) is 43.4 Å². The third kappa shape index (κ3) is 3.94. The fourth-order valence-corrected chi connectivity index (χ4v) is 3.23. The molecule has 0 radical (unpaired) electrons. The van der Waals surface area contributed by atoms with E-state index in [1.807, 2.05) is 45.0 Å². The number of rotatable bonds is 6. The molecule has 144 valence electrons. The molecule has 1 saturated heterocycles. The number of hydrogen-bond acceptors (Lipinski definition) is 5. The summed E-state index contributed by atoms with van der Waals surface area (Å²) in [6, 6.07) is 7.46. The van der Waals surface area contributed by atoms with Gasteiger partial charge in [0.05, 0.1) is 23.4 Å². The first-order chi connectivity index (χ1) is 12.9. The highest BCUT2D eigenvalue weighted by molar-refractivity contribution is 5.94. The number of carboxylic acids is 1. The number of likely N-dealkylation sites (tertiary alicyclic amines) is 1. The summed E-state index contributed by atoms with van der Waals surface area (Å²) in [5, 5.41) is 17.4. The van der Waals surface area contributed by atoms with Gasteiger partial charge in [0.25, 0.3) is 5.91 Å². The average molecular weight is 372 g/mol. The lowest BCUT2D eigenvalue weighted by atomic mass is 10.1. The summed E-state index contributed by atoms with van der Waals surface area (Å²) in [5.74, 6) is -0.877. The Hall–Kier alpha value is -2.90. The molecule has 27 heavy (non-hydrogen) atoms. The van der Waals surface area contributed by atoms with Gasteiger partial charge in [0.1, 0.15) is 5.75 Å². The summed E-state index contributed by atoms with van der Waals surface area (Å²) < 4.78 is 7.30. The van der Waals surface area contributed by atoms with Gasteiger partial charge in [0.2, 0.25) is 0 Å². The van der Waals surface area contributed by atoms with Gasteiger partial charge in [-0.25, -0.2) is 4.68 Å². The zero-order chi connectivity index (χ0) is 19.6. The van der Waals surface area contributed by atoms with E-state index in [2.05, 4.69) is 10.3 Å². The van der Waals surface area contributed by atoms with Gasteiger partial charge in [-0.1, -0.05) is 12.1 Å². The summed E-state index contributed by atoms with van der Waals surface area (Å²) in [5.41, 5.74) is 1.78. The molecule has 1 aliphatic rings. The number of hydrogen-bond donors (Lipinski definition) is 1. The Labute approximate surface area is 157 Å². The van der Waals surface area contributed by atoms with Crippen LogP contribution in [0.5, 0.6) is 5.75 Å². The second kappa shape index (κ2) is 7.77. The fourth-order valence-electron chi connectivity index (χ4n) is 3.23. The molecule has 0 unspecified atom stereocenters. The van der Waals surface area contributed by atoms with Crippen molar-refractivity contribution in [3.05, 3.63) is 35.7 Å². The molecule has 1 amide bonds. The lowest BCUT2D eigenvalue weighted by molar-refractivity contribution is -0.141. The number of carboxylic acid groups (broad SMARTS) is 1. The smallest absolute Gasteiger partial charge is 0.308 e. The van der Waals surface area contributed by atoms with Crippen molar-refractivity contribution < 1.29 is 19.4 Å². The molecule has 8 nitrogen and oxygen atoms in total. The Morgan fingerprint density at radius 3 is 2.56 bits per heavy atom. The second-order valence-electron chi connectivity index (χ2n) is 6.89. The Kier molecular flexibility index (Phi) is 5.43. The van der Waals surface area contributed by atoms with E-state index < -0.39 is 11.9 Å². The molecular formula is C19H24N4O4. The van der Waals surface area contributed by atoms with Crippen LogP contribution in [0.3, 0.4) is 0 Å². The van der Waals surface area contributed by atoms with Crippen molar-refractivity contribution in [2.75, 3.05) is 13.1 Å². The Morgan fingerprint density at radius 1 is 1.30 bits per heavy atom. The van der Waals surface area contributed by atoms with Gasteiger partial charge in [0, 0.05) is 13.1 Å². The Morgan fingerprint density at radius 2 is 2.00 bits per heavy atom. The van der Waals surface area contributed by atoms with E-state index in [0.29, 0.717) is 25.1 Å². The fraction of sp³-hybridized carbons (Fsp3) is 0.474. The summed E-state index contributed by atoms with van der Waals surface area (Å²) in [6.07, 6.45) is 1.13. The van der Waals surface area contributed by atoms with Crippen molar-refractivity contribution in [1.29, 1.82) is 0 Å². The lowest BCUT2D eigenvalue weighted by Gasteiger charge is -2.15. The van der Waals surface area contributed by atoms with Crippen molar-refractivity contribution in [2.45, 2.75) is 39.7 Å². The van der Waals surface area contributed by atoms with Crippen molar-refractivity contribution >= 4 is 11.9 Å². The standard InChI is InChI=1S/C19H24N4O4/c1-4-16-17(18(24)22-10-9-13(11-22)19(25)26)20-21-23(16)14-5-7-15(8-6-14)27-12(2)3/h5-8,12-13H,4,9-11H2,1-3H3,(H,25,26)/t13-/m1/s1. The maximum atomic E-state index is 12.8. The highest BCUT2D eigenvalue weighted by Gasteiger charge is 2.33. The van der Waals surface area contributed by atoms with E-state index in [4.69, 9.17) is 9.84 Å².